The molecule has 4 rings (SSSR count). The average Bonchev–Trinajstić information content (AvgIpc) is 3.14. The molecule has 0 atom stereocenters. The molecule has 0 radical (unpaired) electrons. The zero-order valence-corrected chi connectivity index (χ0v) is 15.4. The van der Waals surface area contributed by atoms with E-state index < -0.39 is 11.7 Å². The number of fused-ring (bicyclic) bond motifs is 1. The lowest BCUT2D eigenvalue weighted by atomic mass is 9.82. The van der Waals surface area contributed by atoms with Crippen LogP contribution in [0.2, 0.25) is 0 Å². The molecule has 27 heavy (non-hydrogen) atoms. The minimum Gasteiger partial charge on any atom is -0.345 e. The molecule has 2 aromatic rings. The molecule has 4 heteroatoms. The van der Waals surface area contributed by atoms with Gasteiger partial charge in [-0.15, -0.1) is 0 Å². The largest absolute Gasteiger partial charge is 0.345 e. The van der Waals surface area contributed by atoms with Gasteiger partial charge in [-0.2, -0.15) is 0 Å². The Hall–Kier alpha value is -2.75. The fourth-order valence-corrected chi connectivity index (χ4v) is 4.26. The van der Waals surface area contributed by atoms with Crippen molar-refractivity contribution in [1.82, 2.24) is 5.32 Å². The van der Waals surface area contributed by atoms with Gasteiger partial charge in [0.05, 0.1) is 17.7 Å². The van der Waals surface area contributed by atoms with Gasteiger partial charge in [-0.1, -0.05) is 67.4 Å². The van der Waals surface area contributed by atoms with E-state index in [0.29, 0.717) is 6.54 Å². The van der Waals surface area contributed by atoms with Crippen LogP contribution in [0.4, 0.5) is 0 Å². The van der Waals surface area contributed by atoms with Crippen LogP contribution in [0, 0.1) is 0 Å². The van der Waals surface area contributed by atoms with Crippen molar-refractivity contribution in [1.29, 1.82) is 0 Å². The summed E-state index contributed by atoms with van der Waals surface area (Å²) in [6.07, 6.45) is 5.52. The first kappa shape index (κ1) is 17.7. The quantitative estimate of drug-likeness (QED) is 0.828. The lowest BCUT2D eigenvalue weighted by Crippen LogP contribution is -2.36. The van der Waals surface area contributed by atoms with Crippen LogP contribution in [0.1, 0.15) is 48.8 Å². The third kappa shape index (κ3) is 3.85. The van der Waals surface area contributed by atoms with Gasteiger partial charge >= 0.3 is 0 Å². The van der Waals surface area contributed by atoms with Crippen LogP contribution < -0.4 is 5.32 Å². The number of carbonyl (C=O) groups is 2. The fourth-order valence-electron chi connectivity index (χ4n) is 4.26. The summed E-state index contributed by atoms with van der Waals surface area (Å²) in [7, 11) is 0. The van der Waals surface area contributed by atoms with Crippen LogP contribution in [0.5, 0.6) is 0 Å². The molecule has 1 N–H and O–H groups in total. The summed E-state index contributed by atoms with van der Waals surface area (Å²) in [5.74, 6) is -0.959. The molecule has 0 saturated heterocycles. The van der Waals surface area contributed by atoms with Crippen molar-refractivity contribution >= 4 is 17.4 Å². The summed E-state index contributed by atoms with van der Waals surface area (Å²) < 4.78 is 0. The molecule has 1 heterocycles. The van der Waals surface area contributed by atoms with Gasteiger partial charge in [-0.3, -0.25) is 14.6 Å². The van der Waals surface area contributed by atoms with Crippen molar-refractivity contribution < 1.29 is 9.59 Å². The molecule has 1 spiro atoms. The number of aliphatic imine (C=N–C) groups is 1. The Bertz CT molecular complexity index is 880. The molecule has 1 aliphatic heterocycles. The van der Waals surface area contributed by atoms with Crippen LogP contribution in [0.3, 0.4) is 0 Å². The van der Waals surface area contributed by atoms with Crippen LogP contribution in [0.15, 0.2) is 59.6 Å². The van der Waals surface area contributed by atoms with Crippen LogP contribution in [-0.4, -0.2) is 22.9 Å². The molecule has 138 valence electrons. The molecule has 1 fully saturated rings. The van der Waals surface area contributed by atoms with Gasteiger partial charge in [-0.05, 0) is 36.0 Å². The van der Waals surface area contributed by atoms with Gasteiger partial charge in [0, 0.05) is 6.54 Å². The maximum atomic E-state index is 12.6. The van der Waals surface area contributed by atoms with Gasteiger partial charge in [0.1, 0.15) is 0 Å². The second-order valence-electron chi connectivity index (χ2n) is 7.59. The topological polar surface area (TPSA) is 58.5 Å². The number of nitrogens with zero attached hydrogens (tertiary/aromatic N) is 1. The molecule has 1 amide bonds. The zero-order valence-electron chi connectivity index (χ0n) is 15.4. The Morgan fingerprint density at radius 1 is 0.963 bits per heavy atom. The molecule has 2 aliphatic rings. The number of Topliss-reactive ketones (excluding diaryl/α,β-unsaturated/α-hetero) is 1. The van der Waals surface area contributed by atoms with Crippen molar-refractivity contribution in [2.45, 2.75) is 50.6 Å². The van der Waals surface area contributed by atoms with Crippen LogP contribution >= 0.6 is 0 Å². The minimum atomic E-state index is -0.537. The maximum Gasteiger partial charge on any atom is 0.288 e. The highest BCUT2D eigenvalue weighted by Gasteiger charge is 2.38. The van der Waals surface area contributed by atoms with Gasteiger partial charge in [0.25, 0.3) is 5.91 Å². The van der Waals surface area contributed by atoms with Crippen molar-refractivity contribution in [3.63, 3.8) is 0 Å². The van der Waals surface area contributed by atoms with Crippen molar-refractivity contribution in [3.05, 3.63) is 71.3 Å². The molecule has 2 aromatic carbocycles. The number of hydrogen-bond acceptors (Lipinski definition) is 3. The first-order chi connectivity index (χ1) is 13.2. The van der Waals surface area contributed by atoms with Crippen molar-refractivity contribution in [3.8, 4) is 0 Å². The van der Waals surface area contributed by atoms with Crippen LogP contribution in [-0.2, 0) is 22.6 Å². The summed E-state index contributed by atoms with van der Waals surface area (Å²) in [6, 6.07) is 17.8. The van der Waals surface area contributed by atoms with E-state index in [0.717, 1.165) is 36.1 Å². The van der Waals surface area contributed by atoms with E-state index in [4.69, 9.17) is 4.99 Å². The maximum absolute atomic E-state index is 12.6. The van der Waals surface area contributed by atoms with E-state index in [1.807, 2.05) is 48.5 Å². The fraction of sp³-hybridized carbons (Fsp3) is 0.348. The SMILES string of the molecule is O=C(CC1=NC2(CCCC2)Cc2ccccc21)C(=O)NCc1ccccc1. The third-order valence-electron chi connectivity index (χ3n) is 5.63. The second kappa shape index (κ2) is 7.47. The summed E-state index contributed by atoms with van der Waals surface area (Å²) in [5, 5.41) is 2.73. The monoisotopic (exact) mass is 360 g/mol. The summed E-state index contributed by atoms with van der Waals surface area (Å²) in [6.45, 7) is 0.360. The number of nitrogens with one attached hydrogen (secondary N) is 1. The molecule has 4 nitrogen and oxygen atoms in total. The molecule has 0 bridgehead atoms. The molecular weight excluding hydrogens is 336 g/mol. The highest BCUT2D eigenvalue weighted by atomic mass is 16.2. The molecule has 0 aromatic heterocycles. The Labute approximate surface area is 159 Å². The summed E-state index contributed by atoms with van der Waals surface area (Å²) in [5.41, 5.74) is 3.97. The van der Waals surface area contributed by atoms with E-state index in [1.165, 1.54) is 18.4 Å². The smallest absolute Gasteiger partial charge is 0.288 e. The molecule has 1 aliphatic carbocycles. The number of hydrogen-bond donors (Lipinski definition) is 1. The Morgan fingerprint density at radius 2 is 1.67 bits per heavy atom. The number of rotatable bonds is 5. The Balaban J connectivity index is 1.48. The van der Waals surface area contributed by atoms with Crippen molar-refractivity contribution in [2.24, 2.45) is 4.99 Å². The third-order valence-corrected chi connectivity index (χ3v) is 5.63. The molecule has 0 unspecified atom stereocenters. The van der Waals surface area contributed by atoms with Gasteiger partial charge in [0.2, 0.25) is 5.78 Å². The van der Waals surface area contributed by atoms with E-state index in [2.05, 4.69) is 11.4 Å². The second-order valence-corrected chi connectivity index (χ2v) is 7.59. The summed E-state index contributed by atoms with van der Waals surface area (Å²) >= 11 is 0. The highest BCUT2D eigenvalue weighted by molar-refractivity contribution is 6.40. The zero-order chi connectivity index (χ0) is 18.7. The lowest BCUT2D eigenvalue weighted by Gasteiger charge is -2.32. The van der Waals surface area contributed by atoms with E-state index >= 15 is 0 Å². The lowest BCUT2D eigenvalue weighted by molar-refractivity contribution is -0.137. The molecular formula is C23H24N2O2. The Morgan fingerprint density at radius 3 is 2.44 bits per heavy atom. The van der Waals surface area contributed by atoms with Crippen molar-refractivity contribution in [2.75, 3.05) is 0 Å². The first-order valence-electron chi connectivity index (χ1n) is 9.67. The van der Waals surface area contributed by atoms with E-state index in [-0.39, 0.29) is 12.0 Å². The standard InChI is InChI=1S/C23H24N2O2/c26-21(22(27)24-16-17-8-2-1-3-9-17)14-20-19-11-5-4-10-18(19)15-23(25-20)12-6-7-13-23/h1-5,8-11H,6-7,12-16H2,(H,24,27). The number of amides is 1. The first-order valence-corrected chi connectivity index (χ1v) is 9.67. The predicted molar refractivity (Wildman–Crippen MR) is 106 cm³/mol. The highest BCUT2D eigenvalue weighted by Crippen LogP contribution is 2.40. The van der Waals surface area contributed by atoms with Gasteiger partial charge in [0.15, 0.2) is 0 Å². The Kier molecular flexibility index (Phi) is 4.88. The van der Waals surface area contributed by atoms with Gasteiger partial charge < -0.3 is 5.32 Å². The van der Waals surface area contributed by atoms with E-state index in [1.54, 1.807) is 0 Å². The number of ketones is 1. The molecule has 1 saturated carbocycles. The number of benzene rings is 2. The average molecular weight is 360 g/mol. The van der Waals surface area contributed by atoms with E-state index in [9.17, 15) is 9.59 Å². The summed E-state index contributed by atoms with van der Waals surface area (Å²) in [4.78, 5) is 29.9. The van der Waals surface area contributed by atoms with Crippen LogP contribution in [0.25, 0.3) is 0 Å². The van der Waals surface area contributed by atoms with Gasteiger partial charge in [-0.25, -0.2) is 0 Å². The number of carbonyl (C=O) groups excluding carboxylic acids is 2. The predicted octanol–water partition coefficient (Wildman–Crippen LogP) is 3.62. The minimum absolute atomic E-state index is 0.0650. The normalized spacial score (nSPS) is 17.3.